The monoisotopic (exact) mass is 439 g/mol. The van der Waals surface area contributed by atoms with E-state index in [9.17, 15) is 8.42 Å². The Morgan fingerprint density at radius 3 is 2.57 bits per heavy atom. The second kappa shape index (κ2) is 7.55. The first kappa shape index (κ1) is 17.4. The molecule has 1 aliphatic rings. The van der Waals surface area contributed by atoms with Gasteiger partial charge >= 0.3 is 0 Å². The number of hydrogen-bond acceptors (Lipinski definition) is 3. The molecule has 0 unspecified atom stereocenters. The molecule has 1 aromatic carbocycles. The average Bonchev–Trinajstić information content (AvgIpc) is 2.92. The maximum Gasteiger partial charge on any atom is 0.241 e. The van der Waals surface area contributed by atoms with Crippen LogP contribution in [0, 0.1) is 6.92 Å². The Balaban J connectivity index is 1.93. The van der Waals surface area contributed by atoms with Crippen molar-refractivity contribution in [3.05, 3.63) is 26.6 Å². The van der Waals surface area contributed by atoms with Gasteiger partial charge in [0.1, 0.15) is 0 Å². The van der Waals surface area contributed by atoms with Gasteiger partial charge < -0.3 is 4.74 Å². The quantitative estimate of drug-likeness (QED) is 0.685. The van der Waals surface area contributed by atoms with E-state index in [0.29, 0.717) is 17.2 Å². The standard InChI is InChI=1S/C14H19Br2NO3S/c1-10-8-13(16)14(9-12(10)15)21(18,19)17-6-7-20-11-4-2-3-5-11/h8-9,11,17H,2-7H2,1H3. The fraction of sp³-hybridized carbons (Fsp3) is 0.571. The van der Waals surface area contributed by atoms with E-state index in [0.717, 1.165) is 22.9 Å². The summed E-state index contributed by atoms with van der Waals surface area (Å²) in [6.07, 6.45) is 4.89. The van der Waals surface area contributed by atoms with Crippen LogP contribution in [0.1, 0.15) is 31.2 Å². The molecular weight excluding hydrogens is 422 g/mol. The SMILES string of the molecule is Cc1cc(Br)c(S(=O)(=O)NCCOC2CCCC2)cc1Br. The average molecular weight is 441 g/mol. The number of nitrogens with one attached hydrogen (secondary N) is 1. The number of halogens is 2. The molecule has 4 nitrogen and oxygen atoms in total. The van der Waals surface area contributed by atoms with Crippen LogP contribution < -0.4 is 4.72 Å². The highest BCUT2D eigenvalue weighted by Crippen LogP contribution is 2.28. The van der Waals surface area contributed by atoms with Crippen molar-refractivity contribution in [2.75, 3.05) is 13.2 Å². The molecule has 1 saturated carbocycles. The van der Waals surface area contributed by atoms with Gasteiger partial charge in [-0.1, -0.05) is 28.8 Å². The van der Waals surface area contributed by atoms with Gasteiger partial charge in [-0.25, -0.2) is 13.1 Å². The van der Waals surface area contributed by atoms with Crippen molar-refractivity contribution in [2.24, 2.45) is 0 Å². The van der Waals surface area contributed by atoms with Crippen LogP contribution in [0.5, 0.6) is 0 Å². The Kier molecular flexibility index (Phi) is 6.25. The van der Waals surface area contributed by atoms with Crippen molar-refractivity contribution in [2.45, 2.75) is 43.6 Å². The zero-order valence-corrected chi connectivity index (χ0v) is 15.9. The highest BCUT2D eigenvalue weighted by Gasteiger charge is 2.19. The van der Waals surface area contributed by atoms with Crippen LogP contribution in [-0.2, 0) is 14.8 Å². The molecule has 1 fully saturated rings. The van der Waals surface area contributed by atoms with Crippen LogP contribution in [0.15, 0.2) is 26.0 Å². The minimum absolute atomic E-state index is 0.237. The summed E-state index contributed by atoms with van der Waals surface area (Å²) in [7, 11) is -3.53. The Bertz CT molecular complexity index is 598. The van der Waals surface area contributed by atoms with Gasteiger partial charge in [-0.15, -0.1) is 0 Å². The minimum atomic E-state index is -3.53. The molecule has 0 amide bonds. The fourth-order valence-corrected chi connectivity index (χ4v) is 5.06. The van der Waals surface area contributed by atoms with Gasteiger partial charge in [0.05, 0.1) is 17.6 Å². The molecule has 1 aromatic rings. The molecular formula is C14H19Br2NO3S. The highest BCUT2D eigenvalue weighted by atomic mass is 79.9. The number of ether oxygens (including phenoxy) is 1. The van der Waals surface area contributed by atoms with Gasteiger partial charge in [-0.05, 0) is 53.4 Å². The van der Waals surface area contributed by atoms with Gasteiger partial charge in [0.15, 0.2) is 0 Å². The topological polar surface area (TPSA) is 55.4 Å². The van der Waals surface area contributed by atoms with E-state index >= 15 is 0 Å². The first-order valence-corrected chi connectivity index (χ1v) is 10.0. The van der Waals surface area contributed by atoms with E-state index in [1.807, 2.05) is 6.92 Å². The van der Waals surface area contributed by atoms with Crippen LogP contribution in [0.25, 0.3) is 0 Å². The Morgan fingerprint density at radius 2 is 1.90 bits per heavy atom. The third-order valence-electron chi connectivity index (χ3n) is 3.55. The van der Waals surface area contributed by atoms with Crippen LogP contribution in [0.2, 0.25) is 0 Å². The van der Waals surface area contributed by atoms with Crippen LogP contribution in [0.3, 0.4) is 0 Å². The molecule has 0 atom stereocenters. The van der Waals surface area contributed by atoms with Crippen molar-refractivity contribution in [1.82, 2.24) is 4.72 Å². The van der Waals surface area contributed by atoms with Crippen molar-refractivity contribution in [3.8, 4) is 0 Å². The predicted molar refractivity (Wildman–Crippen MR) is 90.0 cm³/mol. The number of benzene rings is 1. The first-order valence-electron chi connectivity index (χ1n) is 6.97. The second-order valence-corrected chi connectivity index (χ2v) is 8.65. The molecule has 0 bridgehead atoms. The minimum Gasteiger partial charge on any atom is -0.377 e. The highest BCUT2D eigenvalue weighted by molar-refractivity contribution is 9.11. The molecule has 0 aromatic heterocycles. The Morgan fingerprint density at radius 1 is 1.24 bits per heavy atom. The lowest BCUT2D eigenvalue weighted by Gasteiger charge is -2.13. The lowest BCUT2D eigenvalue weighted by molar-refractivity contribution is 0.0626. The molecule has 0 heterocycles. The van der Waals surface area contributed by atoms with Crippen LogP contribution in [0.4, 0.5) is 0 Å². The van der Waals surface area contributed by atoms with Gasteiger partial charge in [-0.2, -0.15) is 0 Å². The van der Waals surface area contributed by atoms with Gasteiger partial charge in [0.2, 0.25) is 10.0 Å². The summed E-state index contributed by atoms with van der Waals surface area (Å²) in [5.74, 6) is 0. The molecule has 2 rings (SSSR count). The van der Waals surface area contributed by atoms with E-state index in [-0.39, 0.29) is 11.4 Å². The van der Waals surface area contributed by atoms with Crippen LogP contribution in [-0.4, -0.2) is 27.7 Å². The lowest BCUT2D eigenvalue weighted by atomic mass is 10.2. The third-order valence-corrected chi connectivity index (χ3v) is 6.83. The smallest absolute Gasteiger partial charge is 0.241 e. The number of aryl methyl sites for hydroxylation is 1. The van der Waals surface area contributed by atoms with E-state index in [2.05, 4.69) is 36.6 Å². The zero-order chi connectivity index (χ0) is 15.5. The third kappa shape index (κ3) is 4.76. The van der Waals surface area contributed by atoms with E-state index < -0.39 is 10.0 Å². The molecule has 0 saturated heterocycles. The van der Waals surface area contributed by atoms with Crippen molar-refractivity contribution >= 4 is 41.9 Å². The molecule has 21 heavy (non-hydrogen) atoms. The predicted octanol–water partition coefficient (Wildman–Crippen LogP) is 3.76. The summed E-state index contributed by atoms with van der Waals surface area (Å²) in [5, 5.41) is 0. The van der Waals surface area contributed by atoms with Crippen molar-refractivity contribution in [1.29, 1.82) is 0 Å². The lowest BCUT2D eigenvalue weighted by Crippen LogP contribution is -2.29. The maximum atomic E-state index is 12.3. The molecule has 0 aliphatic heterocycles. The summed E-state index contributed by atoms with van der Waals surface area (Å²) in [6, 6.07) is 3.40. The van der Waals surface area contributed by atoms with Gasteiger partial charge in [0, 0.05) is 15.5 Å². The summed E-state index contributed by atoms with van der Waals surface area (Å²) in [6.45, 7) is 2.61. The Hall–Kier alpha value is 0.0500. The van der Waals surface area contributed by atoms with Crippen molar-refractivity contribution < 1.29 is 13.2 Å². The Labute approximate surface area is 143 Å². The molecule has 7 heteroatoms. The van der Waals surface area contributed by atoms with Gasteiger partial charge in [0.25, 0.3) is 0 Å². The number of sulfonamides is 1. The number of rotatable bonds is 6. The molecule has 0 radical (unpaired) electrons. The number of hydrogen-bond donors (Lipinski definition) is 1. The summed E-state index contributed by atoms with van der Waals surface area (Å²) in [4.78, 5) is 0.237. The zero-order valence-electron chi connectivity index (χ0n) is 11.9. The van der Waals surface area contributed by atoms with E-state index in [1.54, 1.807) is 12.1 Å². The summed E-state index contributed by atoms with van der Waals surface area (Å²) < 4.78 is 34.2. The second-order valence-electron chi connectivity index (χ2n) is 5.21. The summed E-state index contributed by atoms with van der Waals surface area (Å²) >= 11 is 6.67. The van der Waals surface area contributed by atoms with Gasteiger partial charge in [-0.3, -0.25) is 0 Å². The van der Waals surface area contributed by atoms with Crippen molar-refractivity contribution in [3.63, 3.8) is 0 Å². The molecule has 1 N–H and O–H groups in total. The summed E-state index contributed by atoms with van der Waals surface area (Å²) in [5.41, 5.74) is 0.977. The largest absolute Gasteiger partial charge is 0.377 e. The van der Waals surface area contributed by atoms with E-state index in [4.69, 9.17) is 4.74 Å². The van der Waals surface area contributed by atoms with E-state index in [1.165, 1.54) is 12.8 Å². The normalized spacial score (nSPS) is 16.5. The molecule has 1 aliphatic carbocycles. The fourth-order valence-electron chi connectivity index (χ4n) is 2.37. The first-order chi connectivity index (χ1) is 9.90. The molecule has 118 valence electrons. The van der Waals surface area contributed by atoms with Crippen LogP contribution >= 0.6 is 31.9 Å². The maximum absolute atomic E-state index is 12.3. The molecule has 0 spiro atoms.